The van der Waals surface area contributed by atoms with Crippen molar-refractivity contribution in [3.63, 3.8) is 0 Å². The summed E-state index contributed by atoms with van der Waals surface area (Å²) in [6.45, 7) is 0.773. The maximum atomic E-state index is 5.08. The zero-order valence-electron chi connectivity index (χ0n) is 10.0. The van der Waals surface area contributed by atoms with Crippen LogP contribution in [0.4, 0.5) is 0 Å². The van der Waals surface area contributed by atoms with E-state index in [4.69, 9.17) is 4.74 Å². The van der Waals surface area contributed by atoms with Crippen molar-refractivity contribution < 1.29 is 4.74 Å². The summed E-state index contributed by atoms with van der Waals surface area (Å²) in [5.41, 5.74) is 2.60. The SMILES string of the molecule is COCCc1ccc(C(Br)c2ccc(Br)s2)cc1. The Balaban J connectivity index is 2.09. The van der Waals surface area contributed by atoms with E-state index >= 15 is 0 Å². The Labute approximate surface area is 128 Å². The van der Waals surface area contributed by atoms with E-state index in [1.165, 1.54) is 19.8 Å². The van der Waals surface area contributed by atoms with Gasteiger partial charge in [-0.1, -0.05) is 40.2 Å². The van der Waals surface area contributed by atoms with E-state index in [1.807, 2.05) is 0 Å². The highest BCUT2D eigenvalue weighted by atomic mass is 79.9. The standard InChI is InChI=1S/C14H14Br2OS/c1-17-9-8-10-2-4-11(5-3-10)14(16)12-6-7-13(15)18-12/h2-7,14H,8-9H2,1H3. The number of benzene rings is 1. The molecule has 0 spiro atoms. The predicted octanol–water partition coefficient (Wildman–Crippen LogP) is 5.18. The van der Waals surface area contributed by atoms with E-state index in [9.17, 15) is 0 Å². The van der Waals surface area contributed by atoms with Gasteiger partial charge in [0.25, 0.3) is 0 Å². The zero-order valence-corrected chi connectivity index (χ0v) is 14.0. The highest BCUT2D eigenvalue weighted by molar-refractivity contribution is 9.11. The quantitative estimate of drug-likeness (QED) is 0.639. The van der Waals surface area contributed by atoms with Gasteiger partial charge in [-0.05, 0) is 45.6 Å². The lowest BCUT2D eigenvalue weighted by atomic mass is 10.1. The van der Waals surface area contributed by atoms with Crippen molar-refractivity contribution in [2.24, 2.45) is 0 Å². The highest BCUT2D eigenvalue weighted by Gasteiger charge is 2.12. The molecule has 1 nitrogen and oxygen atoms in total. The van der Waals surface area contributed by atoms with Crippen molar-refractivity contribution in [2.45, 2.75) is 11.2 Å². The first-order valence-corrected chi connectivity index (χ1v) is 8.20. The molecule has 18 heavy (non-hydrogen) atoms. The van der Waals surface area contributed by atoms with E-state index < -0.39 is 0 Å². The summed E-state index contributed by atoms with van der Waals surface area (Å²) in [5, 5.41) is 0. The molecule has 1 aromatic carbocycles. The van der Waals surface area contributed by atoms with Crippen molar-refractivity contribution in [1.29, 1.82) is 0 Å². The molecule has 0 saturated carbocycles. The van der Waals surface area contributed by atoms with Gasteiger partial charge in [-0.25, -0.2) is 0 Å². The molecule has 0 aliphatic carbocycles. The van der Waals surface area contributed by atoms with Crippen molar-refractivity contribution >= 4 is 43.2 Å². The highest BCUT2D eigenvalue weighted by Crippen LogP contribution is 2.36. The summed E-state index contributed by atoms with van der Waals surface area (Å²) >= 11 is 9.00. The van der Waals surface area contributed by atoms with E-state index in [0.29, 0.717) is 0 Å². The Kier molecular flexibility index (Phi) is 5.42. The fraction of sp³-hybridized carbons (Fsp3) is 0.286. The van der Waals surface area contributed by atoms with Crippen LogP contribution in [0.1, 0.15) is 20.8 Å². The Morgan fingerprint density at radius 2 is 1.89 bits per heavy atom. The molecule has 0 aliphatic rings. The minimum absolute atomic E-state index is 0.269. The van der Waals surface area contributed by atoms with Crippen molar-refractivity contribution in [2.75, 3.05) is 13.7 Å². The van der Waals surface area contributed by atoms with Crippen LogP contribution in [0, 0.1) is 0 Å². The lowest BCUT2D eigenvalue weighted by Crippen LogP contribution is -1.95. The number of thiophene rings is 1. The average molecular weight is 390 g/mol. The van der Waals surface area contributed by atoms with Gasteiger partial charge in [-0.2, -0.15) is 0 Å². The summed E-state index contributed by atoms with van der Waals surface area (Å²) in [4.78, 5) is 1.58. The number of hydrogen-bond acceptors (Lipinski definition) is 2. The topological polar surface area (TPSA) is 9.23 Å². The van der Waals surface area contributed by atoms with Gasteiger partial charge in [-0.3, -0.25) is 0 Å². The van der Waals surface area contributed by atoms with Crippen LogP contribution in [0.25, 0.3) is 0 Å². The van der Waals surface area contributed by atoms with Crippen LogP contribution < -0.4 is 0 Å². The molecule has 0 fully saturated rings. The molecule has 4 heteroatoms. The van der Waals surface area contributed by atoms with Gasteiger partial charge in [-0.15, -0.1) is 11.3 Å². The van der Waals surface area contributed by atoms with Gasteiger partial charge in [0.05, 0.1) is 15.2 Å². The molecule has 1 heterocycles. The van der Waals surface area contributed by atoms with Gasteiger partial charge in [0, 0.05) is 12.0 Å². The molecule has 1 aromatic heterocycles. The lowest BCUT2D eigenvalue weighted by molar-refractivity contribution is 0.202. The summed E-state index contributed by atoms with van der Waals surface area (Å²) < 4.78 is 6.25. The Hall–Kier alpha value is -0.160. The van der Waals surface area contributed by atoms with Crippen LogP contribution in [-0.4, -0.2) is 13.7 Å². The second-order valence-electron chi connectivity index (χ2n) is 3.99. The van der Waals surface area contributed by atoms with Crippen LogP contribution in [0.2, 0.25) is 0 Å². The van der Waals surface area contributed by atoms with E-state index in [2.05, 4.69) is 68.3 Å². The molecular weight excluding hydrogens is 376 g/mol. The molecule has 1 unspecified atom stereocenters. The third-order valence-electron chi connectivity index (χ3n) is 2.71. The number of alkyl halides is 1. The van der Waals surface area contributed by atoms with Crippen LogP contribution in [0.5, 0.6) is 0 Å². The third kappa shape index (κ3) is 3.67. The molecule has 96 valence electrons. The van der Waals surface area contributed by atoms with Crippen LogP contribution >= 0.6 is 43.2 Å². The summed E-state index contributed by atoms with van der Waals surface area (Å²) in [7, 11) is 1.73. The van der Waals surface area contributed by atoms with Gasteiger partial charge in [0.1, 0.15) is 0 Å². The maximum absolute atomic E-state index is 5.08. The van der Waals surface area contributed by atoms with Gasteiger partial charge in [0.2, 0.25) is 0 Å². The van der Waals surface area contributed by atoms with Crippen molar-refractivity contribution in [1.82, 2.24) is 0 Å². The molecule has 0 N–H and O–H groups in total. The number of halogens is 2. The summed E-state index contributed by atoms with van der Waals surface area (Å²) in [5.74, 6) is 0. The molecule has 0 aliphatic heterocycles. The maximum Gasteiger partial charge on any atom is 0.0738 e. The van der Waals surface area contributed by atoms with Crippen LogP contribution in [-0.2, 0) is 11.2 Å². The first-order valence-electron chi connectivity index (χ1n) is 5.68. The number of rotatable bonds is 5. The van der Waals surface area contributed by atoms with Crippen molar-refractivity contribution in [3.05, 3.63) is 56.2 Å². The molecule has 0 radical (unpaired) electrons. The molecule has 1 atom stereocenters. The van der Waals surface area contributed by atoms with Gasteiger partial charge in [0.15, 0.2) is 0 Å². The van der Waals surface area contributed by atoms with Gasteiger partial charge < -0.3 is 4.74 Å². The van der Waals surface area contributed by atoms with E-state index in [1.54, 1.807) is 18.4 Å². The van der Waals surface area contributed by atoms with E-state index in [0.717, 1.165) is 13.0 Å². The monoisotopic (exact) mass is 388 g/mol. The second kappa shape index (κ2) is 6.85. The fourth-order valence-electron chi connectivity index (χ4n) is 1.70. The second-order valence-corrected chi connectivity index (χ2v) is 7.40. The van der Waals surface area contributed by atoms with Crippen molar-refractivity contribution in [3.8, 4) is 0 Å². The summed E-state index contributed by atoms with van der Waals surface area (Å²) in [6, 6.07) is 12.9. The Morgan fingerprint density at radius 1 is 1.17 bits per heavy atom. The normalized spacial score (nSPS) is 12.6. The Morgan fingerprint density at radius 3 is 2.44 bits per heavy atom. The largest absolute Gasteiger partial charge is 0.384 e. The molecule has 2 aromatic rings. The van der Waals surface area contributed by atoms with Crippen LogP contribution in [0.3, 0.4) is 0 Å². The van der Waals surface area contributed by atoms with Gasteiger partial charge >= 0.3 is 0 Å². The summed E-state index contributed by atoms with van der Waals surface area (Å²) in [6.07, 6.45) is 0.967. The molecule has 0 bridgehead atoms. The number of hydrogen-bond donors (Lipinski definition) is 0. The molecule has 0 saturated heterocycles. The smallest absolute Gasteiger partial charge is 0.0738 e. The minimum Gasteiger partial charge on any atom is -0.384 e. The molecule has 2 rings (SSSR count). The average Bonchev–Trinajstić information content (AvgIpc) is 2.83. The van der Waals surface area contributed by atoms with E-state index in [-0.39, 0.29) is 4.83 Å². The zero-order chi connectivity index (χ0) is 13.0. The Bertz CT molecular complexity index is 493. The first-order chi connectivity index (χ1) is 8.70. The third-order valence-corrected chi connectivity index (χ3v) is 5.72. The predicted molar refractivity (Wildman–Crippen MR) is 84.8 cm³/mol. The number of methoxy groups -OCH3 is 1. The lowest BCUT2D eigenvalue weighted by Gasteiger charge is -2.09. The van der Waals surface area contributed by atoms with Crippen LogP contribution in [0.15, 0.2) is 40.2 Å². The molecule has 0 amide bonds. The molecular formula is C14H14Br2OS. The minimum atomic E-state index is 0.269. The fourth-order valence-corrected chi connectivity index (χ4v) is 3.87. The number of ether oxygens (including phenoxy) is 1. The first kappa shape index (κ1) is 14.3.